The van der Waals surface area contributed by atoms with Gasteiger partial charge >= 0.3 is 0 Å². The number of anilines is 1. The Labute approximate surface area is 191 Å². The summed E-state index contributed by atoms with van der Waals surface area (Å²) in [6.45, 7) is 1.46. The van der Waals surface area contributed by atoms with Gasteiger partial charge in [-0.25, -0.2) is 17.8 Å². The number of carbonyl (C=O) groups excluding carboxylic acids is 1. The molecule has 1 unspecified atom stereocenters. The van der Waals surface area contributed by atoms with E-state index in [9.17, 15) is 17.6 Å². The van der Waals surface area contributed by atoms with Crippen molar-refractivity contribution in [3.05, 3.63) is 89.7 Å². The van der Waals surface area contributed by atoms with Crippen LogP contribution in [0, 0.1) is 5.82 Å². The minimum absolute atomic E-state index is 0.0371. The second kappa shape index (κ2) is 9.03. The molecule has 0 fully saturated rings. The minimum atomic E-state index is -3.85. The van der Waals surface area contributed by atoms with Gasteiger partial charge in [-0.15, -0.1) is 0 Å². The van der Waals surface area contributed by atoms with Crippen LogP contribution in [0.5, 0.6) is 5.75 Å². The lowest BCUT2D eigenvalue weighted by molar-refractivity contribution is -0.130. The summed E-state index contributed by atoms with van der Waals surface area (Å²) >= 11 is 0. The molecule has 170 valence electrons. The fourth-order valence-electron chi connectivity index (χ4n) is 3.72. The molecule has 3 aromatic rings. The summed E-state index contributed by atoms with van der Waals surface area (Å²) in [7, 11) is -2.27. The first-order valence-electron chi connectivity index (χ1n) is 10.2. The Morgan fingerprint density at radius 3 is 2.36 bits per heavy atom. The third-order valence-corrected chi connectivity index (χ3v) is 6.72. The highest BCUT2D eigenvalue weighted by atomic mass is 32.2. The summed E-state index contributed by atoms with van der Waals surface area (Å²) in [6.07, 6.45) is 0.487. The Morgan fingerprint density at radius 2 is 1.73 bits per heavy atom. The van der Waals surface area contributed by atoms with Gasteiger partial charge < -0.3 is 4.74 Å². The standard InChI is InChI=1S/C24H22FN3O4S/c1-16(29)28-23(21-5-3-4-6-24(21)32-2)15-22(26-28)17-7-11-19(12-8-17)27-33(30,31)20-13-9-18(25)10-14-20/h3-14,23,27H,15H2,1-2H3. The molecule has 1 amide bonds. The number of hydrogen-bond acceptors (Lipinski definition) is 5. The maximum absolute atomic E-state index is 13.1. The third-order valence-electron chi connectivity index (χ3n) is 5.33. The highest BCUT2D eigenvalue weighted by Crippen LogP contribution is 2.37. The highest BCUT2D eigenvalue weighted by Gasteiger charge is 2.33. The first-order chi connectivity index (χ1) is 15.8. The van der Waals surface area contributed by atoms with Gasteiger partial charge in [-0.3, -0.25) is 9.52 Å². The average molecular weight is 468 g/mol. The number of carbonyl (C=O) groups is 1. The molecule has 9 heteroatoms. The van der Waals surface area contributed by atoms with Gasteiger partial charge in [0.15, 0.2) is 0 Å². The molecule has 7 nitrogen and oxygen atoms in total. The second-order valence-corrected chi connectivity index (χ2v) is 9.19. The summed E-state index contributed by atoms with van der Waals surface area (Å²) in [5.41, 5.74) is 2.68. The van der Waals surface area contributed by atoms with Gasteiger partial charge in [0.05, 0.1) is 23.8 Å². The Morgan fingerprint density at radius 1 is 1.06 bits per heavy atom. The van der Waals surface area contributed by atoms with Gasteiger partial charge in [0, 0.05) is 24.6 Å². The number of rotatable bonds is 6. The molecule has 0 spiro atoms. The van der Waals surface area contributed by atoms with Crippen LogP contribution in [0.2, 0.25) is 0 Å². The normalized spacial score (nSPS) is 15.8. The molecule has 0 bridgehead atoms. The summed E-state index contributed by atoms with van der Waals surface area (Å²) in [5.74, 6) is -0.0259. The molecule has 4 rings (SSSR count). The lowest BCUT2D eigenvalue weighted by atomic mass is 9.97. The van der Waals surface area contributed by atoms with Crippen LogP contribution in [0.15, 0.2) is 82.8 Å². The van der Waals surface area contributed by atoms with Gasteiger partial charge in [-0.1, -0.05) is 30.3 Å². The van der Waals surface area contributed by atoms with Crippen molar-refractivity contribution in [3.63, 3.8) is 0 Å². The molecule has 0 saturated heterocycles. The van der Waals surface area contributed by atoms with E-state index < -0.39 is 15.8 Å². The zero-order chi connectivity index (χ0) is 23.6. The first kappa shape index (κ1) is 22.5. The lowest BCUT2D eigenvalue weighted by Gasteiger charge is -2.22. The van der Waals surface area contributed by atoms with Gasteiger partial charge in [-0.05, 0) is 48.0 Å². The number of nitrogens with one attached hydrogen (secondary N) is 1. The van der Waals surface area contributed by atoms with Crippen LogP contribution in [0.1, 0.15) is 30.5 Å². The van der Waals surface area contributed by atoms with Gasteiger partial charge in [0.25, 0.3) is 10.0 Å². The molecular formula is C24H22FN3O4S. The zero-order valence-corrected chi connectivity index (χ0v) is 18.8. The van der Waals surface area contributed by atoms with Crippen LogP contribution in [-0.2, 0) is 14.8 Å². The second-order valence-electron chi connectivity index (χ2n) is 7.51. The van der Waals surface area contributed by atoms with E-state index >= 15 is 0 Å². The largest absolute Gasteiger partial charge is 0.496 e. The Hall–Kier alpha value is -3.72. The van der Waals surface area contributed by atoms with Crippen molar-refractivity contribution in [1.82, 2.24) is 5.01 Å². The van der Waals surface area contributed by atoms with Crippen LogP contribution >= 0.6 is 0 Å². The van der Waals surface area contributed by atoms with Gasteiger partial charge in [0.2, 0.25) is 5.91 Å². The summed E-state index contributed by atoms with van der Waals surface area (Å²) < 4.78 is 46.1. The Balaban J connectivity index is 1.55. The van der Waals surface area contributed by atoms with E-state index in [1.165, 1.54) is 24.1 Å². The fourth-order valence-corrected chi connectivity index (χ4v) is 4.78. The van der Waals surface area contributed by atoms with Crippen LogP contribution in [-0.4, -0.2) is 32.2 Å². The fraction of sp³-hybridized carbons (Fsp3) is 0.167. The van der Waals surface area contributed by atoms with E-state index in [1.807, 2.05) is 24.3 Å². The highest BCUT2D eigenvalue weighted by molar-refractivity contribution is 7.92. The van der Waals surface area contributed by atoms with Crippen LogP contribution in [0.4, 0.5) is 10.1 Å². The van der Waals surface area contributed by atoms with E-state index in [2.05, 4.69) is 9.82 Å². The third kappa shape index (κ3) is 4.73. The van der Waals surface area contributed by atoms with E-state index in [4.69, 9.17) is 4.74 Å². The molecule has 1 aliphatic heterocycles. The molecule has 1 N–H and O–H groups in total. The zero-order valence-electron chi connectivity index (χ0n) is 18.0. The molecule has 0 radical (unpaired) electrons. The summed E-state index contributed by atoms with van der Waals surface area (Å²) in [5, 5.41) is 5.96. The molecule has 0 aromatic heterocycles. The summed E-state index contributed by atoms with van der Waals surface area (Å²) in [6, 6.07) is 18.5. The van der Waals surface area contributed by atoms with Crippen molar-refractivity contribution >= 4 is 27.3 Å². The SMILES string of the molecule is COc1ccccc1C1CC(c2ccc(NS(=O)(=O)c3ccc(F)cc3)cc2)=NN1C(C)=O. The maximum Gasteiger partial charge on any atom is 0.261 e. The van der Waals surface area contributed by atoms with Crippen molar-refractivity contribution in [1.29, 1.82) is 0 Å². The molecule has 0 aliphatic carbocycles. The number of benzene rings is 3. The van der Waals surface area contributed by atoms with Crippen LogP contribution in [0.3, 0.4) is 0 Å². The van der Waals surface area contributed by atoms with Gasteiger partial charge in [0.1, 0.15) is 11.6 Å². The number of amides is 1. The topological polar surface area (TPSA) is 88.1 Å². The molecule has 1 aliphatic rings. The average Bonchev–Trinajstić information content (AvgIpc) is 3.25. The van der Waals surface area contributed by atoms with Crippen LogP contribution < -0.4 is 9.46 Å². The number of sulfonamides is 1. The van der Waals surface area contributed by atoms with Crippen molar-refractivity contribution < 1.29 is 22.3 Å². The predicted molar refractivity (Wildman–Crippen MR) is 123 cm³/mol. The molecule has 0 saturated carbocycles. The number of hydrazone groups is 1. The first-order valence-corrected chi connectivity index (χ1v) is 11.7. The molecule has 1 atom stereocenters. The molecule has 3 aromatic carbocycles. The summed E-state index contributed by atoms with van der Waals surface area (Å²) in [4.78, 5) is 12.2. The van der Waals surface area contributed by atoms with Crippen molar-refractivity contribution in [2.24, 2.45) is 5.10 Å². The number of methoxy groups -OCH3 is 1. The van der Waals surface area contributed by atoms with E-state index in [0.717, 1.165) is 23.3 Å². The van der Waals surface area contributed by atoms with Crippen molar-refractivity contribution in [2.75, 3.05) is 11.8 Å². The van der Waals surface area contributed by atoms with E-state index in [-0.39, 0.29) is 16.8 Å². The number of para-hydroxylation sites is 1. The van der Waals surface area contributed by atoms with E-state index in [0.29, 0.717) is 23.6 Å². The number of halogens is 1. The number of hydrogen-bond donors (Lipinski definition) is 1. The van der Waals surface area contributed by atoms with E-state index in [1.54, 1.807) is 31.4 Å². The lowest BCUT2D eigenvalue weighted by Crippen LogP contribution is -2.24. The van der Waals surface area contributed by atoms with Crippen molar-refractivity contribution in [2.45, 2.75) is 24.3 Å². The smallest absolute Gasteiger partial charge is 0.261 e. The minimum Gasteiger partial charge on any atom is -0.496 e. The maximum atomic E-state index is 13.1. The quantitative estimate of drug-likeness (QED) is 0.584. The number of nitrogens with zero attached hydrogens (tertiary/aromatic N) is 2. The van der Waals surface area contributed by atoms with Crippen LogP contribution in [0.25, 0.3) is 0 Å². The van der Waals surface area contributed by atoms with Crippen molar-refractivity contribution in [3.8, 4) is 5.75 Å². The molecular weight excluding hydrogens is 445 g/mol. The molecule has 1 heterocycles. The van der Waals surface area contributed by atoms with Gasteiger partial charge in [-0.2, -0.15) is 5.10 Å². The monoisotopic (exact) mass is 467 g/mol. The Kier molecular flexibility index (Phi) is 6.15. The molecule has 33 heavy (non-hydrogen) atoms. The number of ether oxygens (including phenoxy) is 1. The Bertz CT molecular complexity index is 1310. The predicted octanol–water partition coefficient (Wildman–Crippen LogP) is 4.33.